The monoisotopic (exact) mass is 393 g/mol. The summed E-state index contributed by atoms with van der Waals surface area (Å²) < 4.78 is 5.78. The van der Waals surface area contributed by atoms with E-state index in [9.17, 15) is 9.59 Å². The van der Waals surface area contributed by atoms with Gasteiger partial charge >= 0.3 is 0 Å². The molecule has 0 saturated heterocycles. The molecule has 142 valence electrons. The van der Waals surface area contributed by atoms with Gasteiger partial charge in [0.25, 0.3) is 5.91 Å². The van der Waals surface area contributed by atoms with Gasteiger partial charge in [-0.15, -0.1) is 0 Å². The van der Waals surface area contributed by atoms with Gasteiger partial charge < -0.3 is 10.1 Å². The van der Waals surface area contributed by atoms with E-state index in [0.29, 0.717) is 34.0 Å². The zero-order valence-electron chi connectivity index (χ0n) is 15.4. The molecule has 1 atom stereocenters. The molecule has 0 aromatic heterocycles. The van der Waals surface area contributed by atoms with Gasteiger partial charge in [-0.25, -0.2) is 0 Å². The molecule has 0 aliphatic carbocycles. The van der Waals surface area contributed by atoms with Crippen molar-refractivity contribution in [2.45, 2.75) is 19.4 Å². The number of anilines is 1. The second-order valence-corrected chi connectivity index (χ2v) is 6.64. The van der Waals surface area contributed by atoms with Crippen LogP contribution in [0.3, 0.4) is 0 Å². The Kier molecular flexibility index (Phi) is 6.45. The maximum Gasteiger partial charge on any atom is 0.265 e. The minimum absolute atomic E-state index is 0.152. The largest absolute Gasteiger partial charge is 0.481 e. The van der Waals surface area contributed by atoms with E-state index < -0.39 is 6.10 Å². The summed E-state index contributed by atoms with van der Waals surface area (Å²) in [6.07, 6.45) is -0.244. The lowest BCUT2D eigenvalue weighted by Crippen LogP contribution is -2.32. The summed E-state index contributed by atoms with van der Waals surface area (Å²) in [6.45, 7) is 1.86. The molecule has 4 nitrogen and oxygen atoms in total. The molecule has 0 saturated carbocycles. The highest BCUT2D eigenvalue weighted by molar-refractivity contribution is 6.30. The number of rotatable bonds is 7. The molecular weight excluding hydrogens is 374 g/mol. The zero-order chi connectivity index (χ0) is 19.9. The molecule has 28 heavy (non-hydrogen) atoms. The first-order valence-electron chi connectivity index (χ1n) is 9.00. The third-order valence-electron chi connectivity index (χ3n) is 4.20. The van der Waals surface area contributed by atoms with Crippen LogP contribution in [0.5, 0.6) is 5.75 Å². The quantitative estimate of drug-likeness (QED) is 0.549. The van der Waals surface area contributed by atoms with E-state index in [1.54, 1.807) is 72.8 Å². The van der Waals surface area contributed by atoms with Gasteiger partial charge in [-0.2, -0.15) is 0 Å². The fraction of sp³-hybridized carbons (Fsp3) is 0.130. The van der Waals surface area contributed by atoms with Gasteiger partial charge in [0.2, 0.25) is 0 Å². The van der Waals surface area contributed by atoms with Crippen LogP contribution < -0.4 is 10.1 Å². The summed E-state index contributed by atoms with van der Waals surface area (Å²) in [4.78, 5) is 25.6. The highest BCUT2D eigenvalue weighted by atomic mass is 35.5. The number of nitrogens with one attached hydrogen (secondary N) is 1. The van der Waals surface area contributed by atoms with Gasteiger partial charge in [0.05, 0.1) is 5.69 Å². The van der Waals surface area contributed by atoms with Crippen LogP contribution in [0, 0.1) is 0 Å². The lowest BCUT2D eigenvalue weighted by molar-refractivity contribution is -0.122. The number of para-hydroxylation sites is 1. The third kappa shape index (κ3) is 4.78. The second kappa shape index (κ2) is 9.20. The molecular formula is C23H20ClNO3. The molecule has 0 aliphatic rings. The van der Waals surface area contributed by atoms with Crippen LogP contribution in [-0.2, 0) is 4.79 Å². The highest BCUT2D eigenvalue weighted by Gasteiger charge is 2.21. The number of hydrogen-bond acceptors (Lipinski definition) is 3. The van der Waals surface area contributed by atoms with Crippen molar-refractivity contribution < 1.29 is 14.3 Å². The van der Waals surface area contributed by atoms with Crippen molar-refractivity contribution in [3.63, 3.8) is 0 Å². The van der Waals surface area contributed by atoms with Crippen LogP contribution in [0.15, 0.2) is 78.9 Å². The number of halogens is 1. The molecule has 0 spiro atoms. The van der Waals surface area contributed by atoms with Crippen molar-refractivity contribution in [3.8, 4) is 5.75 Å². The Labute approximate surface area is 169 Å². The van der Waals surface area contributed by atoms with E-state index in [1.807, 2.05) is 13.0 Å². The van der Waals surface area contributed by atoms with Gasteiger partial charge in [-0.05, 0) is 36.8 Å². The average Bonchev–Trinajstić information content (AvgIpc) is 2.72. The summed E-state index contributed by atoms with van der Waals surface area (Å²) >= 11 is 5.98. The molecule has 1 amide bonds. The summed E-state index contributed by atoms with van der Waals surface area (Å²) in [6, 6.07) is 22.8. The first kappa shape index (κ1) is 19.6. The fourth-order valence-electron chi connectivity index (χ4n) is 2.78. The SMILES string of the molecule is CCC(Oc1cccc(Cl)c1)C(=O)Nc1ccccc1C(=O)c1ccccc1. The summed E-state index contributed by atoms with van der Waals surface area (Å²) in [7, 11) is 0. The zero-order valence-corrected chi connectivity index (χ0v) is 16.1. The number of carbonyl (C=O) groups excluding carboxylic acids is 2. The van der Waals surface area contributed by atoms with E-state index in [1.165, 1.54) is 0 Å². The molecule has 0 fully saturated rings. The van der Waals surface area contributed by atoms with Gasteiger partial charge in [0, 0.05) is 16.1 Å². The lowest BCUT2D eigenvalue weighted by atomic mass is 10.0. The summed E-state index contributed by atoms with van der Waals surface area (Å²) in [5.41, 5.74) is 1.44. The topological polar surface area (TPSA) is 55.4 Å². The van der Waals surface area contributed by atoms with Crippen LogP contribution >= 0.6 is 11.6 Å². The van der Waals surface area contributed by atoms with Gasteiger partial charge in [0.15, 0.2) is 11.9 Å². The van der Waals surface area contributed by atoms with Crippen LogP contribution in [0.2, 0.25) is 5.02 Å². The van der Waals surface area contributed by atoms with Crippen LogP contribution in [-0.4, -0.2) is 17.8 Å². The standard InChI is InChI=1S/C23H20ClNO3/c1-2-21(28-18-12-8-11-17(24)15-18)23(27)25-20-14-7-6-13-19(20)22(26)16-9-4-3-5-10-16/h3-15,21H,2H2,1H3,(H,25,27). The van der Waals surface area contributed by atoms with Crippen molar-refractivity contribution in [3.05, 3.63) is 95.0 Å². The van der Waals surface area contributed by atoms with Crippen molar-refractivity contribution >= 4 is 29.0 Å². The van der Waals surface area contributed by atoms with Crippen molar-refractivity contribution in [1.29, 1.82) is 0 Å². The molecule has 5 heteroatoms. The lowest BCUT2D eigenvalue weighted by Gasteiger charge is -2.18. The molecule has 0 aliphatic heterocycles. The fourth-order valence-corrected chi connectivity index (χ4v) is 2.96. The summed E-state index contributed by atoms with van der Waals surface area (Å²) in [5, 5.41) is 3.36. The van der Waals surface area contributed by atoms with Gasteiger partial charge in [0.1, 0.15) is 5.75 Å². The molecule has 3 rings (SSSR count). The van der Waals surface area contributed by atoms with E-state index in [2.05, 4.69) is 5.32 Å². The number of carbonyl (C=O) groups is 2. The predicted octanol–water partition coefficient (Wildman–Crippen LogP) is 5.37. The van der Waals surface area contributed by atoms with Crippen LogP contribution in [0.4, 0.5) is 5.69 Å². The molecule has 3 aromatic carbocycles. The Morgan fingerprint density at radius 3 is 2.39 bits per heavy atom. The van der Waals surface area contributed by atoms with Crippen molar-refractivity contribution in [2.24, 2.45) is 0 Å². The molecule has 0 radical (unpaired) electrons. The normalized spacial score (nSPS) is 11.5. The molecule has 3 aromatic rings. The van der Waals surface area contributed by atoms with Crippen LogP contribution in [0.25, 0.3) is 0 Å². The second-order valence-electron chi connectivity index (χ2n) is 6.20. The van der Waals surface area contributed by atoms with E-state index >= 15 is 0 Å². The number of ether oxygens (including phenoxy) is 1. The Bertz CT molecular complexity index is 972. The molecule has 1 unspecified atom stereocenters. The van der Waals surface area contributed by atoms with Gasteiger partial charge in [-0.3, -0.25) is 9.59 Å². The third-order valence-corrected chi connectivity index (χ3v) is 4.44. The minimum Gasteiger partial charge on any atom is -0.481 e. The first-order chi connectivity index (χ1) is 13.6. The van der Waals surface area contributed by atoms with Crippen molar-refractivity contribution in [1.82, 2.24) is 0 Å². The Morgan fingerprint density at radius 2 is 1.68 bits per heavy atom. The Balaban J connectivity index is 1.79. The maximum atomic E-state index is 12.8. The van der Waals surface area contributed by atoms with E-state index in [0.717, 1.165) is 0 Å². The number of ketones is 1. The number of hydrogen-bond donors (Lipinski definition) is 1. The number of amides is 1. The van der Waals surface area contributed by atoms with E-state index in [-0.39, 0.29) is 11.7 Å². The highest BCUT2D eigenvalue weighted by Crippen LogP contribution is 2.22. The van der Waals surface area contributed by atoms with E-state index in [4.69, 9.17) is 16.3 Å². The molecule has 0 heterocycles. The average molecular weight is 394 g/mol. The summed E-state index contributed by atoms with van der Waals surface area (Å²) in [5.74, 6) is 0.0410. The maximum absolute atomic E-state index is 12.8. The minimum atomic E-state index is -0.710. The predicted molar refractivity (Wildman–Crippen MR) is 111 cm³/mol. The van der Waals surface area contributed by atoms with Gasteiger partial charge in [-0.1, -0.05) is 67.1 Å². The Hall–Kier alpha value is -3.11. The number of benzene rings is 3. The first-order valence-corrected chi connectivity index (χ1v) is 9.38. The molecule has 0 bridgehead atoms. The Morgan fingerprint density at radius 1 is 0.964 bits per heavy atom. The molecule has 1 N–H and O–H groups in total. The van der Waals surface area contributed by atoms with Crippen molar-refractivity contribution in [2.75, 3.05) is 5.32 Å². The smallest absolute Gasteiger partial charge is 0.265 e. The van der Waals surface area contributed by atoms with Crippen LogP contribution in [0.1, 0.15) is 29.3 Å².